The highest BCUT2D eigenvalue weighted by molar-refractivity contribution is 9.10. The zero-order valence-electron chi connectivity index (χ0n) is 8.50. The molecule has 0 aromatic heterocycles. The normalized spacial score (nSPS) is 12.4. The first-order valence-electron chi connectivity index (χ1n) is 4.27. The van der Waals surface area contributed by atoms with Gasteiger partial charge in [0.25, 0.3) is 0 Å². The number of nitrogens with two attached hydrogens (primary N) is 1. The first-order chi connectivity index (χ1) is 6.60. The van der Waals surface area contributed by atoms with E-state index in [1.807, 2.05) is 19.1 Å². The SMILES string of the molecule is COc1cc(Br)cc([C@H](C)N)c1OC. The summed E-state index contributed by atoms with van der Waals surface area (Å²) in [5.74, 6) is 1.39. The fraction of sp³-hybridized carbons (Fsp3) is 0.400. The quantitative estimate of drug-likeness (QED) is 0.908. The van der Waals surface area contributed by atoms with Crippen LogP contribution in [0.5, 0.6) is 11.5 Å². The predicted molar refractivity (Wildman–Crippen MR) is 59.8 cm³/mol. The second-order valence-corrected chi connectivity index (χ2v) is 3.93. The maximum Gasteiger partial charge on any atom is 0.165 e. The van der Waals surface area contributed by atoms with Crippen LogP contribution < -0.4 is 15.2 Å². The minimum atomic E-state index is -0.0867. The number of hydrogen-bond acceptors (Lipinski definition) is 3. The number of ether oxygens (including phenoxy) is 2. The summed E-state index contributed by atoms with van der Waals surface area (Å²) >= 11 is 3.39. The van der Waals surface area contributed by atoms with Crippen molar-refractivity contribution in [2.45, 2.75) is 13.0 Å². The Labute approximate surface area is 92.3 Å². The van der Waals surface area contributed by atoms with Crippen molar-refractivity contribution in [2.75, 3.05) is 14.2 Å². The van der Waals surface area contributed by atoms with Gasteiger partial charge in [0.2, 0.25) is 0 Å². The van der Waals surface area contributed by atoms with Gasteiger partial charge in [-0.15, -0.1) is 0 Å². The van der Waals surface area contributed by atoms with Gasteiger partial charge in [-0.3, -0.25) is 0 Å². The Balaban J connectivity index is 3.31. The van der Waals surface area contributed by atoms with Gasteiger partial charge in [0.15, 0.2) is 11.5 Å². The van der Waals surface area contributed by atoms with E-state index in [0.717, 1.165) is 10.0 Å². The van der Waals surface area contributed by atoms with Crippen molar-refractivity contribution >= 4 is 15.9 Å². The van der Waals surface area contributed by atoms with Gasteiger partial charge in [-0.05, 0) is 19.1 Å². The Morgan fingerprint density at radius 2 is 1.93 bits per heavy atom. The number of benzene rings is 1. The van der Waals surface area contributed by atoms with Crippen molar-refractivity contribution in [3.05, 3.63) is 22.2 Å². The van der Waals surface area contributed by atoms with E-state index < -0.39 is 0 Å². The molecule has 0 aliphatic carbocycles. The largest absolute Gasteiger partial charge is 0.493 e. The fourth-order valence-corrected chi connectivity index (χ4v) is 1.75. The molecule has 0 spiro atoms. The van der Waals surface area contributed by atoms with Gasteiger partial charge in [-0.1, -0.05) is 15.9 Å². The second-order valence-electron chi connectivity index (χ2n) is 3.02. The van der Waals surface area contributed by atoms with Crippen molar-refractivity contribution in [3.8, 4) is 11.5 Å². The van der Waals surface area contributed by atoms with Crippen LogP contribution in [0.1, 0.15) is 18.5 Å². The molecule has 3 nitrogen and oxygen atoms in total. The van der Waals surface area contributed by atoms with Gasteiger partial charge in [0.1, 0.15) is 0 Å². The van der Waals surface area contributed by atoms with Crippen LogP contribution in [0.3, 0.4) is 0 Å². The molecule has 2 N–H and O–H groups in total. The monoisotopic (exact) mass is 259 g/mol. The molecule has 0 saturated heterocycles. The number of methoxy groups -OCH3 is 2. The van der Waals surface area contributed by atoms with Crippen molar-refractivity contribution < 1.29 is 9.47 Å². The van der Waals surface area contributed by atoms with Crippen molar-refractivity contribution in [1.29, 1.82) is 0 Å². The molecule has 78 valence electrons. The lowest BCUT2D eigenvalue weighted by molar-refractivity contribution is 0.350. The highest BCUT2D eigenvalue weighted by Crippen LogP contribution is 2.36. The summed E-state index contributed by atoms with van der Waals surface area (Å²) in [6.45, 7) is 1.91. The summed E-state index contributed by atoms with van der Waals surface area (Å²) < 4.78 is 11.4. The molecule has 0 saturated carbocycles. The molecule has 0 aliphatic rings. The van der Waals surface area contributed by atoms with Crippen LogP contribution in [0.4, 0.5) is 0 Å². The third kappa shape index (κ3) is 2.19. The fourth-order valence-electron chi connectivity index (χ4n) is 1.30. The summed E-state index contributed by atoms with van der Waals surface area (Å²) in [7, 11) is 3.22. The lowest BCUT2D eigenvalue weighted by Crippen LogP contribution is -2.07. The van der Waals surface area contributed by atoms with Crippen LogP contribution in [0.15, 0.2) is 16.6 Å². The molecule has 1 aromatic carbocycles. The third-order valence-corrected chi connectivity index (χ3v) is 2.42. The van der Waals surface area contributed by atoms with Crippen LogP contribution in [-0.4, -0.2) is 14.2 Å². The van der Waals surface area contributed by atoms with Crippen LogP contribution in [0, 0.1) is 0 Å². The molecule has 0 unspecified atom stereocenters. The van der Waals surface area contributed by atoms with E-state index in [0.29, 0.717) is 11.5 Å². The molecular weight excluding hydrogens is 246 g/mol. The summed E-state index contributed by atoms with van der Waals surface area (Å²) in [5.41, 5.74) is 6.76. The number of hydrogen-bond donors (Lipinski definition) is 1. The molecule has 0 aliphatic heterocycles. The Morgan fingerprint density at radius 1 is 1.29 bits per heavy atom. The Kier molecular flexibility index (Phi) is 3.77. The zero-order valence-corrected chi connectivity index (χ0v) is 10.1. The van der Waals surface area contributed by atoms with Crippen molar-refractivity contribution in [3.63, 3.8) is 0 Å². The average Bonchev–Trinajstić information content (AvgIpc) is 2.16. The van der Waals surface area contributed by atoms with E-state index in [1.54, 1.807) is 14.2 Å². The first-order valence-corrected chi connectivity index (χ1v) is 5.06. The molecular formula is C10H14BrNO2. The minimum Gasteiger partial charge on any atom is -0.493 e. The molecule has 1 aromatic rings. The average molecular weight is 260 g/mol. The summed E-state index contributed by atoms with van der Waals surface area (Å²) in [5, 5.41) is 0. The Hall–Kier alpha value is -0.740. The van der Waals surface area contributed by atoms with E-state index in [1.165, 1.54) is 0 Å². The number of halogens is 1. The maximum absolute atomic E-state index is 5.83. The zero-order chi connectivity index (χ0) is 10.7. The van der Waals surface area contributed by atoms with Gasteiger partial charge in [-0.2, -0.15) is 0 Å². The van der Waals surface area contributed by atoms with Crippen molar-refractivity contribution in [1.82, 2.24) is 0 Å². The van der Waals surface area contributed by atoms with E-state index in [2.05, 4.69) is 15.9 Å². The predicted octanol–water partition coefficient (Wildman–Crippen LogP) is 2.49. The Morgan fingerprint density at radius 3 is 2.36 bits per heavy atom. The molecule has 4 heteroatoms. The van der Waals surface area contributed by atoms with E-state index >= 15 is 0 Å². The second kappa shape index (κ2) is 4.66. The van der Waals surface area contributed by atoms with Gasteiger partial charge in [-0.25, -0.2) is 0 Å². The van der Waals surface area contributed by atoms with Gasteiger partial charge in [0, 0.05) is 16.1 Å². The summed E-state index contributed by atoms with van der Waals surface area (Å²) in [6.07, 6.45) is 0. The molecule has 0 bridgehead atoms. The molecule has 0 fully saturated rings. The van der Waals surface area contributed by atoms with Crippen LogP contribution >= 0.6 is 15.9 Å². The molecule has 0 radical (unpaired) electrons. The highest BCUT2D eigenvalue weighted by atomic mass is 79.9. The maximum atomic E-state index is 5.83. The third-order valence-electron chi connectivity index (χ3n) is 1.96. The van der Waals surface area contributed by atoms with E-state index in [9.17, 15) is 0 Å². The topological polar surface area (TPSA) is 44.5 Å². The smallest absolute Gasteiger partial charge is 0.165 e. The standard InChI is InChI=1S/C10H14BrNO2/c1-6(12)8-4-7(11)5-9(13-2)10(8)14-3/h4-6H,12H2,1-3H3/t6-/m0/s1. The first kappa shape index (κ1) is 11.3. The summed E-state index contributed by atoms with van der Waals surface area (Å²) in [6, 6.07) is 3.70. The molecule has 14 heavy (non-hydrogen) atoms. The summed E-state index contributed by atoms with van der Waals surface area (Å²) in [4.78, 5) is 0. The van der Waals surface area contributed by atoms with E-state index in [-0.39, 0.29) is 6.04 Å². The molecule has 1 rings (SSSR count). The Bertz CT molecular complexity index is 326. The van der Waals surface area contributed by atoms with Gasteiger partial charge in [0.05, 0.1) is 14.2 Å². The van der Waals surface area contributed by atoms with Gasteiger partial charge >= 0.3 is 0 Å². The minimum absolute atomic E-state index is 0.0867. The van der Waals surface area contributed by atoms with Crippen LogP contribution in [0.25, 0.3) is 0 Å². The molecule has 1 atom stereocenters. The van der Waals surface area contributed by atoms with Gasteiger partial charge < -0.3 is 15.2 Å². The molecule has 0 heterocycles. The lowest BCUT2D eigenvalue weighted by Gasteiger charge is -2.15. The highest BCUT2D eigenvalue weighted by Gasteiger charge is 2.14. The molecule has 0 amide bonds. The van der Waals surface area contributed by atoms with E-state index in [4.69, 9.17) is 15.2 Å². The van der Waals surface area contributed by atoms with Crippen LogP contribution in [-0.2, 0) is 0 Å². The van der Waals surface area contributed by atoms with Crippen LogP contribution in [0.2, 0.25) is 0 Å². The van der Waals surface area contributed by atoms with Crippen molar-refractivity contribution in [2.24, 2.45) is 5.73 Å². The lowest BCUT2D eigenvalue weighted by atomic mass is 10.1. The number of rotatable bonds is 3.